The third kappa shape index (κ3) is 4.86. The molecule has 0 aromatic heterocycles. The predicted molar refractivity (Wildman–Crippen MR) is 91.4 cm³/mol. The molecule has 1 aromatic rings. The lowest BCUT2D eigenvalue weighted by atomic mass is 10.1. The van der Waals surface area contributed by atoms with E-state index in [4.69, 9.17) is 9.47 Å². The third-order valence-electron chi connectivity index (χ3n) is 4.65. The molecule has 1 heterocycles. The third-order valence-corrected chi connectivity index (χ3v) is 4.65. The Hall–Kier alpha value is -1.75. The number of carbonyl (C=O) groups excluding carboxylic acids is 1. The molecule has 23 heavy (non-hydrogen) atoms. The van der Waals surface area contributed by atoms with Crippen molar-refractivity contribution in [3.8, 4) is 11.5 Å². The number of carbonyl (C=O) groups is 1. The van der Waals surface area contributed by atoms with Crippen molar-refractivity contribution in [1.29, 1.82) is 0 Å². The van der Waals surface area contributed by atoms with Gasteiger partial charge < -0.3 is 19.7 Å². The molecule has 0 unspecified atom stereocenters. The maximum absolute atomic E-state index is 12.6. The van der Waals surface area contributed by atoms with Crippen LogP contribution < -0.4 is 19.7 Å². The van der Waals surface area contributed by atoms with Gasteiger partial charge in [-0.2, -0.15) is 0 Å². The normalized spacial score (nSPS) is 17.7. The fraction of sp³-hybridized carbons (Fsp3) is 0.611. The number of hydrogen-bond donors (Lipinski definition) is 2. The van der Waals surface area contributed by atoms with Gasteiger partial charge in [-0.15, -0.1) is 0 Å². The van der Waals surface area contributed by atoms with Crippen LogP contribution in [0.3, 0.4) is 0 Å². The molecule has 0 bridgehead atoms. The van der Waals surface area contributed by atoms with Gasteiger partial charge in [-0.25, -0.2) is 0 Å². The molecule has 1 saturated heterocycles. The number of anilines is 1. The molecule has 1 aliphatic heterocycles. The second-order valence-corrected chi connectivity index (χ2v) is 6.21. The van der Waals surface area contributed by atoms with Crippen LogP contribution in [0.1, 0.15) is 39.0 Å². The molecular formula is C18H29N2O3+. The molecular weight excluding hydrogens is 292 g/mol. The highest BCUT2D eigenvalue weighted by atomic mass is 16.5. The van der Waals surface area contributed by atoms with Crippen molar-refractivity contribution in [2.24, 2.45) is 0 Å². The van der Waals surface area contributed by atoms with Crippen LogP contribution in [0.4, 0.5) is 5.69 Å². The summed E-state index contributed by atoms with van der Waals surface area (Å²) in [5.74, 6) is 1.34. The van der Waals surface area contributed by atoms with E-state index in [2.05, 4.69) is 5.32 Å². The standard InChI is InChI=1S/C18H28N2O3/c1-14(20-11-7-5-4-6-8-12-20)18(21)19-15-9-10-16(22-2)17(13-15)23-3/h9-10,13-14H,4-8,11-12H2,1-3H3,(H,19,21)/p+1/t14-/m0/s1. The summed E-state index contributed by atoms with van der Waals surface area (Å²) in [6.07, 6.45) is 6.33. The first-order valence-electron chi connectivity index (χ1n) is 8.53. The number of rotatable bonds is 5. The fourth-order valence-corrected chi connectivity index (χ4v) is 3.14. The molecule has 1 aromatic carbocycles. The van der Waals surface area contributed by atoms with Crippen molar-refractivity contribution in [2.45, 2.75) is 45.1 Å². The second kappa shape index (κ2) is 8.77. The SMILES string of the molecule is COc1ccc(NC(=O)[C@H](C)[NH+]2CCCCCCC2)cc1OC. The van der Waals surface area contributed by atoms with Crippen molar-refractivity contribution >= 4 is 11.6 Å². The number of methoxy groups -OCH3 is 2. The highest BCUT2D eigenvalue weighted by Crippen LogP contribution is 2.29. The topological polar surface area (TPSA) is 52.0 Å². The van der Waals surface area contributed by atoms with Gasteiger partial charge in [0.15, 0.2) is 17.5 Å². The van der Waals surface area contributed by atoms with E-state index in [1.54, 1.807) is 20.3 Å². The minimum Gasteiger partial charge on any atom is -0.493 e. The summed E-state index contributed by atoms with van der Waals surface area (Å²) >= 11 is 0. The summed E-state index contributed by atoms with van der Waals surface area (Å²) in [4.78, 5) is 14.0. The van der Waals surface area contributed by atoms with Crippen LogP contribution in [0, 0.1) is 0 Å². The van der Waals surface area contributed by atoms with Crippen molar-refractivity contribution in [3.63, 3.8) is 0 Å². The second-order valence-electron chi connectivity index (χ2n) is 6.21. The highest BCUT2D eigenvalue weighted by Gasteiger charge is 2.25. The number of ether oxygens (including phenoxy) is 2. The van der Waals surface area contributed by atoms with Crippen molar-refractivity contribution in [1.82, 2.24) is 0 Å². The van der Waals surface area contributed by atoms with Gasteiger partial charge in [-0.3, -0.25) is 4.79 Å². The van der Waals surface area contributed by atoms with E-state index in [1.165, 1.54) is 37.0 Å². The molecule has 1 atom stereocenters. The Balaban J connectivity index is 1.99. The van der Waals surface area contributed by atoms with E-state index in [1.807, 2.05) is 19.1 Å². The molecule has 0 saturated carbocycles. The zero-order valence-electron chi connectivity index (χ0n) is 14.5. The van der Waals surface area contributed by atoms with Gasteiger partial charge in [0, 0.05) is 11.8 Å². The summed E-state index contributed by atoms with van der Waals surface area (Å²) in [7, 11) is 3.19. The molecule has 0 aliphatic carbocycles. The average Bonchev–Trinajstić information content (AvgIpc) is 2.53. The lowest BCUT2D eigenvalue weighted by Gasteiger charge is -2.27. The average molecular weight is 321 g/mol. The molecule has 2 rings (SSSR count). The maximum Gasteiger partial charge on any atom is 0.282 e. The summed E-state index contributed by atoms with van der Waals surface area (Å²) in [5.41, 5.74) is 0.742. The molecule has 1 fully saturated rings. The zero-order chi connectivity index (χ0) is 16.7. The lowest BCUT2D eigenvalue weighted by Crippen LogP contribution is -3.16. The van der Waals surface area contributed by atoms with Gasteiger partial charge >= 0.3 is 0 Å². The van der Waals surface area contributed by atoms with Gasteiger partial charge in [0.1, 0.15) is 0 Å². The smallest absolute Gasteiger partial charge is 0.282 e. The largest absolute Gasteiger partial charge is 0.493 e. The van der Waals surface area contributed by atoms with E-state index in [0.29, 0.717) is 11.5 Å². The minimum atomic E-state index is -0.0406. The first kappa shape index (κ1) is 17.6. The highest BCUT2D eigenvalue weighted by molar-refractivity contribution is 5.93. The Morgan fingerprint density at radius 2 is 1.65 bits per heavy atom. The number of nitrogens with one attached hydrogen (secondary N) is 2. The van der Waals surface area contributed by atoms with Crippen LogP contribution in [0.5, 0.6) is 11.5 Å². The molecule has 128 valence electrons. The first-order chi connectivity index (χ1) is 11.2. The summed E-state index contributed by atoms with van der Waals surface area (Å²) < 4.78 is 10.5. The number of hydrogen-bond acceptors (Lipinski definition) is 3. The lowest BCUT2D eigenvalue weighted by molar-refractivity contribution is -0.914. The Morgan fingerprint density at radius 3 is 2.26 bits per heavy atom. The van der Waals surface area contributed by atoms with Gasteiger partial charge in [0.05, 0.1) is 27.3 Å². The van der Waals surface area contributed by atoms with E-state index in [-0.39, 0.29) is 11.9 Å². The van der Waals surface area contributed by atoms with Crippen LogP contribution >= 0.6 is 0 Å². The van der Waals surface area contributed by atoms with Crippen molar-refractivity contribution in [2.75, 3.05) is 32.6 Å². The van der Waals surface area contributed by atoms with Crippen molar-refractivity contribution in [3.05, 3.63) is 18.2 Å². The van der Waals surface area contributed by atoms with Gasteiger partial charge in [-0.1, -0.05) is 6.42 Å². The van der Waals surface area contributed by atoms with Crippen LogP contribution in [-0.2, 0) is 4.79 Å². The summed E-state index contributed by atoms with van der Waals surface area (Å²) in [6, 6.07) is 5.41. The summed E-state index contributed by atoms with van der Waals surface area (Å²) in [5, 5.41) is 3.01. The van der Waals surface area contributed by atoms with Gasteiger partial charge in [0.25, 0.3) is 5.91 Å². The van der Waals surface area contributed by atoms with Crippen LogP contribution in [0.2, 0.25) is 0 Å². The van der Waals surface area contributed by atoms with E-state index >= 15 is 0 Å². The maximum atomic E-state index is 12.6. The zero-order valence-corrected chi connectivity index (χ0v) is 14.5. The van der Waals surface area contributed by atoms with E-state index in [9.17, 15) is 4.79 Å². The van der Waals surface area contributed by atoms with Crippen LogP contribution in [-0.4, -0.2) is 39.3 Å². The Kier molecular flexibility index (Phi) is 6.71. The molecule has 0 spiro atoms. The van der Waals surface area contributed by atoms with E-state index < -0.39 is 0 Å². The van der Waals surface area contributed by atoms with Crippen LogP contribution in [0.15, 0.2) is 18.2 Å². The molecule has 2 N–H and O–H groups in total. The van der Waals surface area contributed by atoms with Crippen molar-refractivity contribution < 1.29 is 19.2 Å². The quantitative estimate of drug-likeness (QED) is 0.871. The monoisotopic (exact) mass is 321 g/mol. The van der Waals surface area contributed by atoms with Gasteiger partial charge in [0.2, 0.25) is 0 Å². The van der Waals surface area contributed by atoms with Gasteiger partial charge in [-0.05, 0) is 44.7 Å². The molecule has 5 nitrogen and oxygen atoms in total. The molecule has 1 aliphatic rings. The molecule has 5 heteroatoms. The Morgan fingerprint density at radius 1 is 1.04 bits per heavy atom. The first-order valence-corrected chi connectivity index (χ1v) is 8.53. The number of quaternary nitrogens is 1. The Labute approximate surface area is 139 Å². The summed E-state index contributed by atoms with van der Waals surface area (Å²) in [6.45, 7) is 4.19. The molecule has 1 amide bonds. The number of likely N-dealkylation sites (tertiary alicyclic amines) is 1. The number of amides is 1. The fourth-order valence-electron chi connectivity index (χ4n) is 3.14. The predicted octanol–water partition coefficient (Wildman–Crippen LogP) is 1.88. The molecule has 0 radical (unpaired) electrons. The minimum absolute atomic E-state index is 0.0406. The van der Waals surface area contributed by atoms with E-state index in [0.717, 1.165) is 18.8 Å². The van der Waals surface area contributed by atoms with Crippen LogP contribution in [0.25, 0.3) is 0 Å². The Bertz CT molecular complexity index is 511. The number of benzene rings is 1.